The molecule has 0 spiro atoms. The number of nitrogens with zero attached hydrogens (tertiary/aromatic N) is 1. The molecule has 5 heteroatoms. The highest BCUT2D eigenvalue weighted by atomic mass is 19.1. The lowest BCUT2D eigenvalue weighted by molar-refractivity contribution is 0.607. The molecule has 3 heterocycles. The Balaban J connectivity index is 1.76. The minimum atomic E-state index is -0.251. The van der Waals surface area contributed by atoms with Crippen LogP contribution in [0.1, 0.15) is 25.8 Å². The quantitative estimate of drug-likeness (QED) is 0.265. The summed E-state index contributed by atoms with van der Waals surface area (Å²) in [6.07, 6.45) is 14.7. The van der Waals surface area contributed by atoms with Crippen LogP contribution in [0.25, 0.3) is 39.0 Å². The van der Waals surface area contributed by atoms with E-state index < -0.39 is 0 Å². The summed E-state index contributed by atoms with van der Waals surface area (Å²) in [4.78, 5) is 7.92. The lowest BCUT2D eigenvalue weighted by Crippen LogP contribution is -2.10. The van der Waals surface area contributed by atoms with Crippen LogP contribution in [-0.2, 0) is 0 Å². The average molecular weight is 465 g/mol. The summed E-state index contributed by atoms with van der Waals surface area (Å²) < 4.78 is 13.7. The summed E-state index contributed by atoms with van der Waals surface area (Å²) in [5.41, 5.74) is 8.17. The van der Waals surface area contributed by atoms with Gasteiger partial charge in [-0.2, -0.15) is 0 Å². The fourth-order valence-corrected chi connectivity index (χ4v) is 4.45. The summed E-state index contributed by atoms with van der Waals surface area (Å²) in [6, 6.07) is 15.0. The molecule has 0 saturated carbocycles. The number of nitrogens with one attached hydrogen (secondary N) is 3. The number of benzene rings is 2. The third kappa shape index (κ3) is 4.76. The number of anilines is 1. The zero-order valence-electron chi connectivity index (χ0n) is 20.0. The Morgan fingerprint density at radius 3 is 2.46 bits per heavy atom. The number of halogens is 1. The van der Waals surface area contributed by atoms with Gasteiger partial charge in [-0.1, -0.05) is 32.1 Å². The molecule has 4 nitrogen and oxygen atoms in total. The molecule has 5 rings (SSSR count). The predicted octanol–water partition coefficient (Wildman–Crippen LogP) is 7.51. The van der Waals surface area contributed by atoms with Crippen LogP contribution in [0.5, 0.6) is 0 Å². The Hall–Kier alpha value is -4.12. The van der Waals surface area contributed by atoms with E-state index in [4.69, 9.17) is 0 Å². The number of allylic oxidation sites excluding steroid dienone is 4. The summed E-state index contributed by atoms with van der Waals surface area (Å²) in [5, 5.41) is 8.20. The molecule has 1 aliphatic rings. The Kier molecular flexibility index (Phi) is 6.49. The molecule has 0 atom stereocenters. The van der Waals surface area contributed by atoms with Crippen molar-refractivity contribution in [3.8, 4) is 22.4 Å². The molecular formula is C30H29FN4. The smallest absolute Gasteiger partial charge is 0.123 e. The lowest BCUT2D eigenvalue weighted by Gasteiger charge is -2.17. The number of aromatic nitrogens is 2. The monoisotopic (exact) mass is 464 g/mol. The maximum absolute atomic E-state index is 13.7. The third-order valence-corrected chi connectivity index (χ3v) is 6.20. The van der Waals surface area contributed by atoms with Gasteiger partial charge in [-0.25, -0.2) is 4.39 Å². The van der Waals surface area contributed by atoms with Crippen LogP contribution >= 0.6 is 0 Å². The lowest BCUT2D eigenvalue weighted by atomic mass is 9.97. The van der Waals surface area contributed by atoms with Crippen molar-refractivity contribution >= 4 is 22.3 Å². The maximum atomic E-state index is 13.7. The van der Waals surface area contributed by atoms with Gasteiger partial charge in [0.05, 0.1) is 11.2 Å². The van der Waals surface area contributed by atoms with Gasteiger partial charge in [0.2, 0.25) is 0 Å². The van der Waals surface area contributed by atoms with E-state index >= 15 is 0 Å². The van der Waals surface area contributed by atoms with Gasteiger partial charge in [-0.3, -0.25) is 4.98 Å². The van der Waals surface area contributed by atoms with E-state index in [9.17, 15) is 4.39 Å². The van der Waals surface area contributed by atoms with Crippen molar-refractivity contribution in [2.75, 3.05) is 11.9 Å². The minimum absolute atomic E-state index is 0.251. The van der Waals surface area contributed by atoms with E-state index in [1.165, 1.54) is 12.1 Å². The molecule has 0 aliphatic carbocycles. The Morgan fingerprint density at radius 2 is 1.69 bits per heavy atom. The molecule has 2 aromatic carbocycles. The first kappa shape index (κ1) is 22.7. The molecule has 0 saturated heterocycles. The van der Waals surface area contributed by atoms with Gasteiger partial charge >= 0.3 is 0 Å². The normalized spacial score (nSPS) is 13.1. The van der Waals surface area contributed by atoms with Crippen molar-refractivity contribution in [2.24, 2.45) is 5.92 Å². The van der Waals surface area contributed by atoms with E-state index in [1.54, 1.807) is 12.4 Å². The van der Waals surface area contributed by atoms with Crippen LogP contribution in [0.3, 0.4) is 0 Å². The van der Waals surface area contributed by atoms with Gasteiger partial charge in [0.1, 0.15) is 5.82 Å². The molecule has 0 fully saturated rings. The van der Waals surface area contributed by atoms with E-state index in [0.717, 1.165) is 63.2 Å². The largest absolute Gasteiger partial charge is 0.384 e. The first-order valence-electron chi connectivity index (χ1n) is 12.0. The van der Waals surface area contributed by atoms with Crippen LogP contribution < -0.4 is 10.6 Å². The number of hydrogen-bond acceptors (Lipinski definition) is 3. The number of fused-ring (bicyclic) bond motifs is 1. The molecule has 176 valence electrons. The molecule has 3 N–H and O–H groups in total. The molecule has 35 heavy (non-hydrogen) atoms. The summed E-state index contributed by atoms with van der Waals surface area (Å²) in [6.45, 7) is 5.35. The van der Waals surface area contributed by atoms with Gasteiger partial charge in [-0.15, -0.1) is 0 Å². The summed E-state index contributed by atoms with van der Waals surface area (Å²) >= 11 is 0. The molecule has 2 aromatic heterocycles. The standard InChI is InChI=1S/C30H29FN4/c1-20(2)13-19-34-26-12-11-24-27(21-14-17-32-18-15-21)29(22-7-9-23(31)10-8-22)35-30(24)28(26)25-6-4-3-5-16-33-25/h3-12,14-18,20,33-35H,13,19H2,1-2H3. The Labute approximate surface area is 205 Å². The van der Waals surface area contributed by atoms with Crippen molar-refractivity contribution in [1.82, 2.24) is 15.3 Å². The maximum Gasteiger partial charge on any atom is 0.123 e. The number of hydrogen-bond donors (Lipinski definition) is 3. The molecule has 0 radical (unpaired) electrons. The summed E-state index contributed by atoms with van der Waals surface area (Å²) in [7, 11) is 0. The third-order valence-electron chi connectivity index (χ3n) is 6.20. The second kappa shape index (κ2) is 10.0. The first-order valence-corrected chi connectivity index (χ1v) is 12.0. The van der Waals surface area contributed by atoms with E-state index in [-0.39, 0.29) is 5.82 Å². The van der Waals surface area contributed by atoms with Gasteiger partial charge < -0.3 is 15.6 Å². The number of rotatable bonds is 7. The van der Waals surface area contributed by atoms with Crippen LogP contribution in [-0.4, -0.2) is 16.5 Å². The highest BCUT2D eigenvalue weighted by Crippen LogP contribution is 2.42. The van der Waals surface area contributed by atoms with Gasteiger partial charge in [0, 0.05) is 53.0 Å². The van der Waals surface area contributed by atoms with Gasteiger partial charge in [0.25, 0.3) is 0 Å². The zero-order chi connectivity index (χ0) is 24.2. The Morgan fingerprint density at radius 1 is 0.886 bits per heavy atom. The van der Waals surface area contributed by atoms with Crippen LogP contribution in [0.4, 0.5) is 10.1 Å². The van der Waals surface area contributed by atoms with Crippen LogP contribution in [0, 0.1) is 11.7 Å². The zero-order valence-corrected chi connectivity index (χ0v) is 20.0. The molecular weight excluding hydrogens is 435 g/mol. The highest BCUT2D eigenvalue weighted by Gasteiger charge is 2.21. The van der Waals surface area contributed by atoms with E-state index in [0.29, 0.717) is 5.92 Å². The minimum Gasteiger partial charge on any atom is -0.384 e. The highest BCUT2D eigenvalue weighted by molar-refractivity contribution is 6.09. The summed E-state index contributed by atoms with van der Waals surface area (Å²) in [5.74, 6) is 0.365. The average Bonchev–Trinajstić information content (AvgIpc) is 3.04. The van der Waals surface area contributed by atoms with E-state index in [2.05, 4.69) is 52.7 Å². The molecule has 4 aromatic rings. The van der Waals surface area contributed by atoms with Crippen LogP contribution in [0.2, 0.25) is 0 Å². The Bertz CT molecular complexity index is 1410. The van der Waals surface area contributed by atoms with Crippen molar-refractivity contribution in [1.29, 1.82) is 0 Å². The van der Waals surface area contributed by atoms with Crippen molar-refractivity contribution in [2.45, 2.75) is 20.3 Å². The second-order valence-corrected chi connectivity index (χ2v) is 9.11. The second-order valence-electron chi connectivity index (χ2n) is 9.11. The topological polar surface area (TPSA) is 52.7 Å². The van der Waals surface area contributed by atoms with Crippen LogP contribution in [0.15, 0.2) is 91.4 Å². The number of aromatic amines is 1. The van der Waals surface area contributed by atoms with Crippen molar-refractivity contribution < 1.29 is 4.39 Å². The molecule has 1 aliphatic heterocycles. The molecule has 0 unspecified atom stereocenters. The fourth-order valence-electron chi connectivity index (χ4n) is 4.45. The van der Waals surface area contributed by atoms with Gasteiger partial charge in [0.15, 0.2) is 0 Å². The van der Waals surface area contributed by atoms with E-state index in [1.807, 2.05) is 48.7 Å². The predicted molar refractivity (Wildman–Crippen MR) is 144 cm³/mol. The number of pyridine rings is 1. The SMILES string of the molecule is CC(C)CCNc1ccc2c(-c3ccncc3)c(-c3ccc(F)cc3)[nH]c2c1C1=CC=CC=CN1. The van der Waals surface area contributed by atoms with Gasteiger partial charge in [-0.05, 0) is 78.1 Å². The number of H-pyrrole nitrogens is 1. The fraction of sp³-hybridized carbons (Fsp3) is 0.167. The molecule has 0 bridgehead atoms. The van der Waals surface area contributed by atoms with Crippen molar-refractivity contribution in [3.63, 3.8) is 0 Å². The molecule has 0 amide bonds. The first-order chi connectivity index (χ1) is 17.1. The van der Waals surface area contributed by atoms with Crippen molar-refractivity contribution in [3.05, 3.63) is 103 Å².